The van der Waals surface area contributed by atoms with Crippen LogP contribution in [0, 0.1) is 0 Å². The summed E-state index contributed by atoms with van der Waals surface area (Å²) in [6, 6.07) is 13.2. The molecule has 140 valence electrons. The molecule has 1 N–H and O–H groups in total. The zero-order valence-electron chi connectivity index (χ0n) is 15.3. The zero-order valence-corrected chi connectivity index (χ0v) is 16.1. The average Bonchev–Trinajstić information content (AvgIpc) is 3.04. The van der Waals surface area contributed by atoms with Crippen molar-refractivity contribution in [2.45, 2.75) is 11.7 Å². The van der Waals surface area contributed by atoms with E-state index in [4.69, 9.17) is 9.47 Å². The molecule has 1 aromatic heterocycles. The Bertz CT molecular complexity index is 968. The summed E-state index contributed by atoms with van der Waals surface area (Å²) in [4.78, 5) is 17.1. The number of rotatable bonds is 8. The van der Waals surface area contributed by atoms with Crippen molar-refractivity contribution in [2.24, 2.45) is 0 Å². The van der Waals surface area contributed by atoms with Gasteiger partial charge >= 0.3 is 0 Å². The van der Waals surface area contributed by atoms with Crippen LogP contribution in [-0.2, 0) is 11.3 Å². The molecular formula is C20H21N3O3S. The summed E-state index contributed by atoms with van der Waals surface area (Å²) in [6.07, 6.45) is 1.82. The van der Waals surface area contributed by atoms with E-state index in [1.165, 1.54) is 11.8 Å². The number of allylic oxidation sites excluding steroid dienone is 1. The van der Waals surface area contributed by atoms with Crippen molar-refractivity contribution >= 4 is 34.4 Å². The summed E-state index contributed by atoms with van der Waals surface area (Å²) in [5, 5.41) is 3.65. The van der Waals surface area contributed by atoms with Gasteiger partial charge in [0.15, 0.2) is 5.16 Å². The first-order valence-electron chi connectivity index (χ1n) is 8.37. The number of hydrogen-bond donors (Lipinski definition) is 1. The third-order valence-corrected chi connectivity index (χ3v) is 4.92. The quantitative estimate of drug-likeness (QED) is 0.471. The first-order chi connectivity index (χ1) is 13.2. The fourth-order valence-electron chi connectivity index (χ4n) is 2.70. The van der Waals surface area contributed by atoms with E-state index in [1.807, 2.05) is 34.9 Å². The predicted octanol–water partition coefficient (Wildman–Crippen LogP) is 3.97. The smallest absolute Gasteiger partial charge is 0.234 e. The van der Waals surface area contributed by atoms with Gasteiger partial charge in [0.25, 0.3) is 0 Å². The van der Waals surface area contributed by atoms with Crippen LogP contribution < -0.4 is 14.8 Å². The zero-order chi connectivity index (χ0) is 19.2. The molecule has 2 aromatic carbocycles. The lowest BCUT2D eigenvalue weighted by molar-refractivity contribution is -0.113. The number of benzene rings is 2. The maximum absolute atomic E-state index is 12.5. The van der Waals surface area contributed by atoms with Crippen LogP contribution in [0.1, 0.15) is 0 Å². The van der Waals surface area contributed by atoms with E-state index in [-0.39, 0.29) is 11.7 Å². The highest BCUT2D eigenvalue weighted by Crippen LogP contribution is 2.29. The number of fused-ring (bicyclic) bond motifs is 1. The summed E-state index contributed by atoms with van der Waals surface area (Å²) in [5.41, 5.74) is 2.49. The number of ether oxygens (including phenoxy) is 2. The largest absolute Gasteiger partial charge is 0.497 e. The van der Waals surface area contributed by atoms with Crippen molar-refractivity contribution in [3.63, 3.8) is 0 Å². The molecule has 0 spiro atoms. The maximum atomic E-state index is 12.5. The number of para-hydroxylation sites is 2. The minimum Gasteiger partial charge on any atom is -0.497 e. The number of nitrogens with one attached hydrogen (secondary N) is 1. The number of carbonyl (C=O) groups excluding carboxylic acids is 1. The van der Waals surface area contributed by atoms with Gasteiger partial charge in [0, 0.05) is 12.6 Å². The van der Waals surface area contributed by atoms with Crippen molar-refractivity contribution in [3.05, 3.63) is 55.1 Å². The van der Waals surface area contributed by atoms with Crippen molar-refractivity contribution in [2.75, 3.05) is 25.3 Å². The second kappa shape index (κ2) is 8.64. The lowest BCUT2D eigenvalue weighted by Gasteiger charge is -2.12. The minimum atomic E-state index is -0.149. The number of anilines is 1. The van der Waals surface area contributed by atoms with Gasteiger partial charge in [-0.3, -0.25) is 4.79 Å². The SMILES string of the molecule is C=CCn1c(SCC(=O)Nc2cc(OC)ccc2OC)nc2ccccc21. The Morgan fingerprint density at radius 3 is 2.81 bits per heavy atom. The van der Waals surface area contributed by atoms with E-state index < -0.39 is 0 Å². The fraction of sp³-hybridized carbons (Fsp3) is 0.200. The van der Waals surface area contributed by atoms with Crippen LogP contribution in [0.15, 0.2) is 60.3 Å². The van der Waals surface area contributed by atoms with Crippen LogP contribution in [0.5, 0.6) is 11.5 Å². The van der Waals surface area contributed by atoms with Crippen LogP contribution >= 0.6 is 11.8 Å². The Kier molecular flexibility index (Phi) is 6.03. The number of carbonyl (C=O) groups is 1. The molecule has 0 bridgehead atoms. The Hall–Kier alpha value is -2.93. The fourth-order valence-corrected chi connectivity index (χ4v) is 3.52. The van der Waals surface area contributed by atoms with E-state index in [9.17, 15) is 4.79 Å². The summed E-state index contributed by atoms with van der Waals surface area (Å²) in [7, 11) is 3.14. The van der Waals surface area contributed by atoms with Crippen LogP contribution in [-0.4, -0.2) is 35.4 Å². The van der Waals surface area contributed by atoms with Gasteiger partial charge in [0.1, 0.15) is 11.5 Å². The third-order valence-electron chi connectivity index (χ3n) is 3.94. The molecule has 0 aliphatic heterocycles. The lowest BCUT2D eigenvalue weighted by Crippen LogP contribution is -2.15. The van der Waals surface area contributed by atoms with Gasteiger partial charge in [-0.05, 0) is 24.3 Å². The van der Waals surface area contributed by atoms with Crippen molar-refractivity contribution in [1.29, 1.82) is 0 Å². The highest BCUT2D eigenvalue weighted by molar-refractivity contribution is 7.99. The molecule has 0 atom stereocenters. The minimum absolute atomic E-state index is 0.149. The molecule has 3 aromatic rings. The lowest BCUT2D eigenvalue weighted by atomic mass is 10.2. The summed E-state index contributed by atoms with van der Waals surface area (Å²) < 4.78 is 12.5. The van der Waals surface area contributed by atoms with E-state index >= 15 is 0 Å². The molecule has 0 aliphatic rings. The number of thioether (sulfide) groups is 1. The van der Waals surface area contributed by atoms with Crippen LogP contribution in [0.3, 0.4) is 0 Å². The van der Waals surface area contributed by atoms with Crippen molar-refractivity contribution < 1.29 is 14.3 Å². The number of imidazole rings is 1. The van der Waals surface area contributed by atoms with Gasteiger partial charge in [-0.15, -0.1) is 6.58 Å². The van der Waals surface area contributed by atoms with E-state index in [0.29, 0.717) is 23.7 Å². The van der Waals surface area contributed by atoms with E-state index in [0.717, 1.165) is 16.2 Å². The molecule has 1 heterocycles. The summed E-state index contributed by atoms with van der Waals surface area (Å²) >= 11 is 1.38. The first-order valence-corrected chi connectivity index (χ1v) is 9.35. The number of hydrogen-bond acceptors (Lipinski definition) is 5. The number of amides is 1. The number of methoxy groups -OCH3 is 2. The monoisotopic (exact) mass is 383 g/mol. The van der Waals surface area contributed by atoms with Gasteiger partial charge in [0.05, 0.1) is 36.7 Å². The molecule has 0 radical (unpaired) electrons. The topological polar surface area (TPSA) is 65.4 Å². The Morgan fingerprint density at radius 1 is 1.26 bits per heavy atom. The highest BCUT2D eigenvalue weighted by Gasteiger charge is 2.14. The van der Waals surface area contributed by atoms with Gasteiger partial charge < -0.3 is 19.4 Å². The molecule has 6 nitrogen and oxygen atoms in total. The van der Waals surface area contributed by atoms with Crippen LogP contribution in [0.25, 0.3) is 11.0 Å². The number of aromatic nitrogens is 2. The third kappa shape index (κ3) is 4.25. The normalized spacial score (nSPS) is 10.6. The second-order valence-electron chi connectivity index (χ2n) is 5.69. The maximum Gasteiger partial charge on any atom is 0.234 e. The molecule has 7 heteroatoms. The van der Waals surface area contributed by atoms with Gasteiger partial charge in [0.2, 0.25) is 5.91 Å². The summed E-state index contributed by atoms with van der Waals surface area (Å²) in [6.45, 7) is 4.44. The Morgan fingerprint density at radius 2 is 2.07 bits per heavy atom. The van der Waals surface area contributed by atoms with Gasteiger partial charge in [-0.1, -0.05) is 30.0 Å². The Labute approximate surface area is 162 Å². The molecule has 0 fully saturated rings. The molecule has 1 amide bonds. The average molecular weight is 383 g/mol. The van der Waals surface area contributed by atoms with Gasteiger partial charge in [-0.25, -0.2) is 4.98 Å². The van der Waals surface area contributed by atoms with Crippen molar-refractivity contribution in [3.8, 4) is 11.5 Å². The first kappa shape index (κ1) is 18.8. The van der Waals surface area contributed by atoms with Crippen LogP contribution in [0.2, 0.25) is 0 Å². The molecule has 0 aliphatic carbocycles. The molecule has 3 rings (SSSR count). The van der Waals surface area contributed by atoms with E-state index in [1.54, 1.807) is 32.4 Å². The molecule has 27 heavy (non-hydrogen) atoms. The van der Waals surface area contributed by atoms with Gasteiger partial charge in [-0.2, -0.15) is 0 Å². The van der Waals surface area contributed by atoms with Crippen LogP contribution in [0.4, 0.5) is 5.69 Å². The van der Waals surface area contributed by atoms with E-state index in [2.05, 4.69) is 16.9 Å². The molecule has 0 saturated carbocycles. The Balaban J connectivity index is 1.74. The second-order valence-corrected chi connectivity index (χ2v) is 6.63. The predicted molar refractivity (Wildman–Crippen MR) is 109 cm³/mol. The van der Waals surface area contributed by atoms with Crippen molar-refractivity contribution in [1.82, 2.24) is 9.55 Å². The highest BCUT2D eigenvalue weighted by atomic mass is 32.2. The molecular weight excluding hydrogens is 362 g/mol. The summed E-state index contributed by atoms with van der Waals surface area (Å²) in [5.74, 6) is 1.30. The molecule has 0 unspecified atom stereocenters. The molecule has 0 saturated heterocycles. The standard InChI is InChI=1S/C20H21N3O3S/c1-4-11-23-17-8-6-5-7-15(17)22-20(23)27-13-19(24)21-16-12-14(25-2)9-10-18(16)26-3/h4-10,12H,1,11,13H2,2-3H3,(H,21,24). The number of nitrogens with zero attached hydrogens (tertiary/aromatic N) is 2.